The Balaban J connectivity index is 2.81. The zero-order valence-electron chi connectivity index (χ0n) is 7.03. The largest absolute Gasteiger partial charge is 0.284 e. The van der Waals surface area contributed by atoms with E-state index in [-0.39, 0.29) is 0 Å². The van der Waals surface area contributed by atoms with Crippen molar-refractivity contribution in [2.75, 3.05) is 6.26 Å². The van der Waals surface area contributed by atoms with E-state index in [2.05, 4.69) is 0 Å². The zero-order chi connectivity index (χ0) is 9.26. The number of hydrogen-bond donors (Lipinski definition) is 0. The summed E-state index contributed by atoms with van der Waals surface area (Å²) in [6, 6.07) is 7.94. The summed E-state index contributed by atoms with van der Waals surface area (Å²) in [4.78, 5) is 11.3. The van der Waals surface area contributed by atoms with Crippen molar-refractivity contribution in [3.8, 4) is 0 Å². The fraction of sp³-hybridized carbons (Fsp3) is 0.100. The first-order valence-corrected chi connectivity index (χ1v) is 5.84. The molecule has 13 heavy (non-hydrogen) atoms. The second-order valence-corrected chi connectivity index (χ2v) is 4.67. The maximum Gasteiger partial charge on any atom is 0.244 e. The van der Waals surface area contributed by atoms with Crippen molar-refractivity contribution in [1.29, 1.82) is 0 Å². The van der Waals surface area contributed by atoms with E-state index in [4.69, 9.17) is 0 Å². The van der Waals surface area contributed by atoms with E-state index in [1.165, 1.54) is 20.9 Å². The molecule has 0 spiro atoms. The molecule has 1 aromatic carbocycles. The minimum absolute atomic E-state index is 0.708. The normalized spacial score (nSPS) is 10.5. The first-order chi connectivity index (χ1) is 6.36. The van der Waals surface area contributed by atoms with Crippen LogP contribution in [0.1, 0.15) is 4.88 Å². The van der Waals surface area contributed by atoms with Gasteiger partial charge in [0.25, 0.3) is 0 Å². The average Bonchev–Trinajstić information content (AvgIpc) is 2.56. The van der Waals surface area contributed by atoms with Gasteiger partial charge in [-0.3, -0.25) is 4.79 Å². The third-order valence-corrected chi connectivity index (χ3v) is 4.12. The maximum absolute atomic E-state index is 10.6. The summed E-state index contributed by atoms with van der Waals surface area (Å²) in [7, 11) is 0. The van der Waals surface area contributed by atoms with Crippen molar-refractivity contribution in [2.45, 2.75) is 4.21 Å². The van der Waals surface area contributed by atoms with Crippen LogP contribution < -0.4 is 0 Å². The predicted octanol–water partition coefficient (Wildman–Crippen LogP) is 3.08. The Morgan fingerprint density at radius 1 is 1.31 bits per heavy atom. The Morgan fingerprint density at radius 2 is 2.00 bits per heavy atom. The molecule has 1 radical (unpaired) electrons. The van der Waals surface area contributed by atoms with Crippen molar-refractivity contribution in [1.82, 2.24) is 0 Å². The first-order valence-electron chi connectivity index (χ1n) is 3.80. The van der Waals surface area contributed by atoms with Crippen LogP contribution in [-0.4, -0.2) is 12.5 Å². The Bertz CT molecular complexity index is 445. The van der Waals surface area contributed by atoms with Crippen molar-refractivity contribution in [2.24, 2.45) is 0 Å². The van der Waals surface area contributed by atoms with Crippen molar-refractivity contribution < 1.29 is 4.79 Å². The molecule has 1 heterocycles. The van der Waals surface area contributed by atoms with Gasteiger partial charge in [-0.1, -0.05) is 24.3 Å². The van der Waals surface area contributed by atoms with E-state index < -0.39 is 0 Å². The van der Waals surface area contributed by atoms with Crippen molar-refractivity contribution >= 4 is 40.2 Å². The van der Waals surface area contributed by atoms with Gasteiger partial charge in [0.1, 0.15) is 0 Å². The van der Waals surface area contributed by atoms with Gasteiger partial charge in [-0.05, 0) is 6.26 Å². The molecular weight excluding hydrogens is 200 g/mol. The molecule has 0 aliphatic rings. The molecule has 0 atom stereocenters. The van der Waals surface area contributed by atoms with Gasteiger partial charge in [0.2, 0.25) is 6.29 Å². The van der Waals surface area contributed by atoms with E-state index in [0.717, 1.165) is 5.39 Å². The molecule has 1 aromatic heterocycles. The molecule has 2 rings (SSSR count). The van der Waals surface area contributed by atoms with E-state index in [0.29, 0.717) is 4.88 Å². The summed E-state index contributed by atoms with van der Waals surface area (Å²) < 4.78 is 1.19. The van der Waals surface area contributed by atoms with E-state index in [9.17, 15) is 4.79 Å². The first kappa shape index (κ1) is 8.78. The standard InChI is InChI=1S/C10H7OS2/c1-12-10-8-5-3-2-4-7(8)9(6-11)13-10/h2-5H,1H3. The second-order valence-electron chi connectivity index (χ2n) is 2.57. The zero-order valence-corrected chi connectivity index (χ0v) is 8.67. The van der Waals surface area contributed by atoms with Crippen LogP contribution in [0.5, 0.6) is 0 Å². The number of benzene rings is 1. The SMILES string of the molecule is CSc1sc([C]=O)c2ccccc12. The third kappa shape index (κ3) is 1.38. The second kappa shape index (κ2) is 3.52. The molecule has 0 bridgehead atoms. The highest BCUT2D eigenvalue weighted by Crippen LogP contribution is 2.35. The molecule has 0 saturated carbocycles. The number of thioether (sulfide) groups is 1. The van der Waals surface area contributed by atoms with Gasteiger partial charge in [-0.15, -0.1) is 23.1 Å². The van der Waals surface area contributed by atoms with Gasteiger partial charge in [0, 0.05) is 10.8 Å². The lowest BCUT2D eigenvalue weighted by atomic mass is 10.2. The van der Waals surface area contributed by atoms with Gasteiger partial charge in [0.15, 0.2) is 0 Å². The minimum atomic E-state index is 0.708. The molecule has 0 N–H and O–H groups in total. The summed E-state index contributed by atoms with van der Waals surface area (Å²) >= 11 is 3.19. The maximum atomic E-state index is 10.6. The van der Waals surface area contributed by atoms with Crippen LogP contribution in [0.3, 0.4) is 0 Å². The Morgan fingerprint density at radius 3 is 2.62 bits per heavy atom. The molecule has 3 heteroatoms. The van der Waals surface area contributed by atoms with Crippen LogP contribution >= 0.6 is 23.1 Å². The molecular formula is C10H7OS2. The lowest BCUT2D eigenvalue weighted by Crippen LogP contribution is -1.71. The van der Waals surface area contributed by atoms with E-state index in [1.807, 2.05) is 36.8 Å². The minimum Gasteiger partial charge on any atom is -0.284 e. The van der Waals surface area contributed by atoms with Crippen LogP contribution in [0.25, 0.3) is 10.8 Å². The summed E-state index contributed by atoms with van der Waals surface area (Å²) in [6.07, 6.45) is 4.00. The molecule has 0 amide bonds. The van der Waals surface area contributed by atoms with Crippen molar-refractivity contribution in [3.63, 3.8) is 0 Å². The Hall–Kier alpha value is -0.800. The van der Waals surface area contributed by atoms with Crippen molar-refractivity contribution in [3.05, 3.63) is 29.1 Å². The molecule has 2 aromatic rings. The van der Waals surface area contributed by atoms with Crippen LogP contribution in [0, 0.1) is 0 Å². The number of thiophene rings is 1. The number of carbonyl (C=O) groups excluding carboxylic acids is 1. The van der Waals surface area contributed by atoms with Gasteiger partial charge in [0.05, 0.1) is 9.09 Å². The van der Waals surface area contributed by atoms with Crippen LogP contribution in [0.15, 0.2) is 28.5 Å². The monoisotopic (exact) mass is 207 g/mol. The summed E-state index contributed by atoms with van der Waals surface area (Å²) in [5, 5.41) is 2.19. The lowest BCUT2D eigenvalue weighted by Gasteiger charge is -1.90. The summed E-state index contributed by atoms with van der Waals surface area (Å²) in [6.45, 7) is 0. The third-order valence-electron chi connectivity index (χ3n) is 1.86. The number of fused-ring (bicyclic) bond motifs is 1. The van der Waals surface area contributed by atoms with E-state index >= 15 is 0 Å². The molecule has 0 saturated heterocycles. The quantitative estimate of drug-likeness (QED) is 0.704. The highest BCUT2D eigenvalue weighted by Gasteiger charge is 2.08. The van der Waals surface area contributed by atoms with Crippen LogP contribution in [0.2, 0.25) is 0 Å². The van der Waals surface area contributed by atoms with Gasteiger partial charge in [-0.2, -0.15) is 0 Å². The fourth-order valence-corrected chi connectivity index (χ4v) is 3.07. The smallest absolute Gasteiger partial charge is 0.244 e. The molecule has 0 aliphatic heterocycles. The molecule has 1 nitrogen and oxygen atoms in total. The average molecular weight is 207 g/mol. The van der Waals surface area contributed by atoms with Crippen LogP contribution in [0.4, 0.5) is 0 Å². The fourth-order valence-electron chi connectivity index (χ4n) is 1.29. The highest BCUT2D eigenvalue weighted by molar-refractivity contribution is 8.00. The van der Waals surface area contributed by atoms with Gasteiger partial charge >= 0.3 is 0 Å². The van der Waals surface area contributed by atoms with E-state index in [1.54, 1.807) is 11.8 Å². The van der Waals surface area contributed by atoms with Gasteiger partial charge < -0.3 is 0 Å². The molecule has 65 valence electrons. The summed E-state index contributed by atoms with van der Waals surface area (Å²) in [5.41, 5.74) is 0. The molecule has 0 unspecified atom stereocenters. The highest BCUT2D eigenvalue weighted by atomic mass is 32.2. The molecule has 0 fully saturated rings. The number of rotatable bonds is 2. The Labute approximate surface area is 84.8 Å². The number of hydrogen-bond acceptors (Lipinski definition) is 3. The lowest BCUT2D eigenvalue weighted by molar-refractivity contribution is 0.564. The Kier molecular flexibility index (Phi) is 2.38. The topological polar surface area (TPSA) is 17.1 Å². The van der Waals surface area contributed by atoms with Gasteiger partial charge in [-0.25, -0.2) is 0 Å². The molecule has 0 aliphatic carbocycles. The predicted molar refractivity (Wildman–Crippen MR) is 58.4 cm³/mol. The summed E-state index contributed by atoms with van der Waals surface area (Å²) in [5.74, 6) is 0. The van der Waals surface area contributed by atoms with Crippen LogP contribution in [-0.2, 0) is 4.79 Å².